The van der Waals surface area contributed by atoms with Crippen molar-refractivity contribution >= 4 is 0 Å². The molecule has 0 aromatic heterocycles. The van der Waals surface area contributed by atoms with Gasteiger partial charge in [0.2, 0.25) is 0 Å². The normalized spacial score (nSPS) is 43.5. The second-order valence-electron chi connectivity index (χ2n) is 6.36. The molecule has 2 aliphatic heterocycles. The zero-order valence-corrected chi connectivity index (χ0v) is 9.49. The molecule has 14 heavy (non-hydrogen) atoms. The maximum absolute atomic E-state index is 5.25. The lowest BCUT2D eigenvalue weighted by molar-refractivity contribution is -0.0630. The number of fused-ring (bicyclic) bond motifs is 1. The highest BCUT2D eigenvalue weighted by Crippen LogP contribution is 2.60. The summed E-state index contributed by atoms with van der Waals surface area (Å²) in [6, 6.07) is 0.767. The van der Waals surface area contributed by atoms with Crippen molar-refractivity contribution in [2.45, 2.75) is 26.8 Å². The van der Waals surface area contributed by atoms with Gasteiger partial charge in [0.25, 0.3) is 0 Å². The van der Waals surface area contributed by atoms with E-state index in [1.807, 2.05) is 0 Å². The molecule has 1 saturated carbocycles. The van der Waals surface area contributed by atoms with E-state index in [-0.39, 0.29) is 0 Å². The zero-order valence-electron chi connectivity index (χ0n) is 9.49. The largest absolute Gasteiger partial charge is 0.378 e. The van der Waals surface area contributed by atoms with Gasteiger partial charge in [0, 0.05) is 13.1 Å². The molecule has 2 nitrogen and oxygen atoms in total. The van der Waals surface area contributed by atoms with E-state index in [1.165, 1.54) is 13.1 Å². The molecule has 1 aliphatic carbocycles. The Morgan fingerprint density at radius 3 is 2.00 bits per heavy atom. The standard InChI is InChI=1S/C12H21NO/c1-12(2,3)11-9-4-13(5-10(9)11)8-6-14-7-8/h8-11H,4-7H2,1-3H3/t9-,10?,11?/m1/s1. The van der Waals surface area contributed by atoms with Crippen molar-refractivity contribution < 1.29 is 4.74 Å². The maximum Gasteiger partial charge on any atom is 0.0645 e. The van der Waals surface area contributed by atoms with Gasteiger partial charge in [-0.05, 0) is 23.2 Å². The molecule has 2 heteroatoms. The first-order chi connectivity index (χ1) is 6.57. The van der Waals surface area contributed by atoms with Crippen LogP contribution in [0.25, 0.3) is 0 Å². The molecule has 0 aromatic carbocycles. The SMILES string of the molecule is CC(C)(C)C1C2CN(C3COC3)C[C@H]21. The van der Waals surface area contributed by atoms with E-state index in [9.17, 15) is 0 Å². The van der Waals surface area contributed by atoms with Crippen molar-refractivity contribution in [3.63, 3.8) is 0 Å². The first kappa shape index (κ1) is 9.17. The van der Waals surface area contributed by atoms with Gasteiger partial charge in [-0.2, -0.15) is 0 Å². The number of hydrogen-bond acceptors (Lipinski definition) is 2. The smallest absolute Gasteiger partial charge is 0.0645 e. The van der Waals surface area contributed by atoms with E-state index in [0.717, 1.165) is 37.0 Å². The molecule has 3 aliphatic rings. The Labute approximate surface area is 86.6 Å². The summed E-state index contributed by atoms with van der Waals surface area (Å²) in [4.78, 5) is 2.65. The van der Waals surface area contributed by atoms with Crippen LogP contribution < -0.4 is 0 Å². The van der Waals surface area contributed by atoms with Crippen LogP contribution in [-0.2, 0) is 4.74 Å². The third-order valence-corrected chi connectivity index (χ3v) is 4.36. The quantitative estimate of drug-likeness (QED) is 0.630. The van der Waals surface area contributed by atoms with Crippen LogP contribution >= 0.6 is 0 Å². The van der Waals surface area contributed by atoms with Crippen molar-refractivity contribution in [3.8, 4) is 0 Å². The van der Waals surface area contributed by atoms with Crippen LogP contribution in [0.3, 0.4) is 0 Å². The third-order valence-electron chi connectivity index (χ3n) is 4.36. The fourth-order valence-corrected chi connectivity index (χ4v) is 3.58. The molecule has 2 heterocycles. The van der Waals surface area contributed by atoms with Crippen molar-refractivity contribution in [2.75, 3.05) is 26.3 Å². The summed E-state index contributed by atoms with van der Waals surface area (Å²) in [7, 11) is 0. The summed E-state index contributed by atoms with van der Waals surface area (Å²) in [6.45, 7) is 11.9. The fraction of sp³-hybridized carbons (Fsp3) is 1.00. The summed E-state index contributed by atoms with van der Waals surface area (Å²) in [5, 5.41) is 0. The highest BCUT2D eigenvalue weighted by Gasteiger charge is 2.60. The number of piperidine rings is 1. The van der Waals surface area contributed by atoms with Crippen LogP contribution in [0.1, 0.15) is 20.8 Å². The first-order valence-corrected chi connectivity index (χ1v) is 5.89. The molecule has 0 radical (unpaired) electrons. The van der Waals surface area contributed by atoms with E-state index in [2.05, 4.69) is 25.7 Å². The topological polar surface area (TPSA) is 12.5 Å². The molecule has 2 saturated heterocycles. The van der Waals surface area contributed by atoms with Gasteiger partial charge in [-0.25, -0.2) is 0 Å². The van der Waals surface area contributed by atoms with Crippen molar-refractivity contribution in [2.24, 2.45) is 23.2 Å². The van der Waals surface area contributed by atoms with Gasteiger partial charge in [-0.15, -0.1) is 0 Å². The van der Waals surface area contributed by atoms with Crippen LogP contribution in [0, 0.1) is 23.2 Å². The second-order valence-corrected chi connectivity index (χ2v) is 6.36. The molecule has 0 amide bonds. The van der Waals surface area contributed by atoms with Gasteiger partial charge >= 0.3 is 0 Å². The Balaban J connectivity index is 1.57. The van der Waals surface area contributed by atoms with E-state index in [4.69, 9.17) is 4.74 Å². The number of ether oxygens (including phenoxy) is 1. The van der Waals surface area contributed by atoms with Crippen LogP contribution in [-0.4, -0.2) is 37.2 Å². The number of rotatable bonds is 1. The van der Waals surface area contributed by atoms with Gasteiger partial charge in [-0.1, -0.05) is 20.8 Å². The number of nitrogens with zero attached hydrogens (tertiary/aromatic N) is 1. The Kier molecular flexibility index (Phi) is 1.79. The Hall–Kier alpha value is -0.0800. The molecule has 0 N–H and O–H groups in total. The van der Waals surface area contributed by atoms with Gasteiger partial charge in [0.15, 0.2) is 0 Å². The lowest BCUT2D eigenvalue weighted by Crippen LogP contribution is -2.49. The minimum atomic E-state index is 0.539. The average Bonchev–Trinajstić information content (AvgIpc) is 2.46. The molecule has 80 valence electrons. The van der Waals surface area contributed by atoms with Gasteiger partial charge in [0.1, 0.15) is 0 Å². The van der Waals surface area contributed by atoms with Crippen molar-refractivity contribution in [3.05, 3.63) is 0 Å². The minimum Gasteiger partial charge on any atom is -0.378 e. The summed E-state index contributed by atoms with van der Waals surface area (Å²) >= 11 is 0. The molecule has 0 spiro atoms. The number of hydrogen-bond donors (Lipinski definition) is 0. The summed E-state index contributed by atoms with van der Waals surface area (Å²) in [6.07, 6.45) is 0. The van der Waals surface area contributed by atoms with Crippen molar-refractivity contribution in [1.82, 2.24) is 4.90 Å². The molecule has 0 aromatic rings. The summed E-state index contributed by atoms with van der Waals surface area (Å²) < 4.78 is 5.25. The maximum atomic E-state index is 5.25. The lowest BCUT2D eigenvalue weighted by Gasteiger charge is -2.36. The molecular formula is C12H21NO. The predicted molar refractivity (Wildman–Crippen MR) is 56.1 cm³/mol. The fourth-order valence-electron chi connectivity index (χ4n) is 3.58. The number of likely N-dealkylation sites (tertiary alicyclic amines) is 1. The Morgan fingerprint density at radius 2 is 1.64 bits per heavy atom. The molecule has 3 atom stereocenters. The van der Waals surface area contributed by atoms with Crippen LogP contribution in [0.4, 0.5) is 0 Å². The van der Waals surface area contributed by atoms with E-state index in [0.29, 0.717) is 5.41 Å². The average molecular weight is 195 g/mol. The highest BCUT2D eigenvalue weighted by molar-refractivity contribution is 5.10. The van der Waals surface area contributed by atoms with E-state index in [1.54, 1.807) is 0 Å². The minimum absolute atomic E-state index is 0.539. The lowest BCUT2D eigenvalue weighted by atomic mass is 9.87. The predicted octanol–water partition coefficient (Wildman–Crippen LogP) is 1.61. The first-order valence-electron chi connectivity index (χ1n) is 5.89. The monoisotopic (exact) mass is 195 g/mol. The Bertz CT molecular complexity index is 229. The van der Waals surface area contributed by atoms with Crippen LogP contribution in [0.5, 0.6) is 0 Å². The molecular weight excluding hydrogens is 174 g/mol. The molecule has 3 rings (SSSR count). The third kappa shape index (κ3) is 1.24. The van der Waals surface area contributed by atoms with Gasteiger partial charge < -0.3 is 4.74 Å². The van der Waals surface area contributed by atoms with E-state index < -0.39 is 0 Å². The van der Waals surface area contributed by atoms with Crippen LogP contribution in [0.2, 0.25) is 0 Å². The summed E-state index contributed by atoms with van der Waals surface area (Å²) in [5.41, 5.74) is 0.539. The Morgan fingerprint density at radius 1 is 1.07 bits per heavy atom. The summed E-state index contributed by atoms with van der Waals surface area (Å²) in [5.74, 6) is 3.02. The van der Waals surface area contributed by atoms with Crippen molar-refractivity contribution in [1.29, 1.82) is 0 Å². The second kappa shape index (κ2) is 2.73. The van der Waals surface area contributed by atoms with Gasteiger partial charge in [-0.3, -0.25) is 4.90 Å². The zero-order chi connectivity index (χ0) is 9.92. The molecule has 3 fully saturated rings. The van der Waals surface area contributed by atoms with E-state index >= 15 is 0 Å². The van der Waals surface area contributed by atoms with Gasteiger partial charge in [0.05, 0.1) is 19.3 Å². The van der Waals surface area contributed by atoms with Crippen LogP contribution in [0.15, 0.2) is 0 Å². The molecule has 0 bridgehead atoms. The highest BCUT2D eigenvalue weighted by atomic mass is 16.5. The molecule has 2 unspecified atom stereocenters.